The van der Waals surface area contributed by atoms with Crippen LogP contribution in [0.3, 0.4) is 0 Å². The first kappa shape index (κ1) is 19.7. The van der Waals surface area contributed by atoms with Gasteiger partial charge in [-0.15, -0.1) is 0 Å². The molecule has 0 N–H and O–H groups in total. The minimum atomic E-state index is -0.255. The van der Waals surface area contributed by atoms with E-state index in [2.05, 4.69) is 24.8 Å². The predicted octanol–water partition coefficient (Wildman–Crippen LogP) is 5.89. The number of hydrogen-bond donors (Lipinski definition) is 0. The van der Waals surface area contributed by atoms with Crippen LogP contribution >= 0.6 is 0 Å². The number of hydrogen-bond acceptors (Lipinski definition) is 3. The summed E-state index contributed by atoms with van der Waals surface area (Å²) in [5.74, 6) is 0.268. The van der Waals surface area contributed by atoms with Gasteiger partial charge >= 0.3 is 0 Å². The molecule has 2 aromatic carbocycles. The zero-order valence-corrected chi connectivity index (χ0v) is 17.8. The molecule has 0 saturated heterocycles. The lowest BCUT2D eigenvalue weighted by atomic mass is 10.1. The second-order valence-electron chi connectivity index (χ2n) is 8.70. The van der Waals surface area contributed by atoms with E-state index in [9.17, 15) is 4.39 Å². The molecule has 2 heterocycles. The highest BCUT2D eigenvalue weighted by atomic mass is 19.1. The number of nitrogens with zero attached hydrogens (tertiary/aromatic N) is 4. The molecular formula is C26H25FN4. The largest absolute Gasteiger partial charge is 0.365 e. The summed E-state index contributed by atoms with van der Waals surface area (Å²) < 4.78 is 15.4. The summed E-state index contributed by atoms with van der Waals surface area (Å²) in [6.07, 6.45) is 4.25. The Balaban J connectivity index is 1.72. The Hall–Kier alpha value is -3.21. The average Bonchev–Trinajstić information content (AvgIpc) is 3.51. The highest BCUT2D eigenvalue weighted by Gasteiger charge is 2.32. The van der Waals surface area contributed by atoms with Crippen LogP contribution in [0.2, 0.25) is 0 Å². The molecule has 1 saturated carbocycles. The molecule has 4 nitrogen and oxygen atoms in total. The standard InChI is InChI=1S/C26H25FN4/c1-17(2)16-30(22-12-13-22)24-14-23(19-8-10-21(27)11-9-19)29-31-25(15-28-26(24)31)20-6-4-18(3)5-7-20/h3-11,14-15,17,22H,12-13,16H2,1-2H3. The predicted molar refractivity (Wildman–Crippen MR) is 122 cm³/mol. The molecule has 0 unspecified atom stereocenters. The molecule has 156 valence electrons. The summed E-state index contributed by atoms with van der Waals surface area (Å²) >= 11 is 0. The molecule has 1 fully saturated rings. The smallest absolute Gasteiger partial charge is 0.177 e. The van der Waals surface area contributed by atoms with E-state index in [4.69, 9.17) is 17.0 Å². The summed E-state index contributed by atoms with van der Waals surface area (Å²) in [5.41, 5.74) is 6.21. The van der Waals surface area contributed by atoms with E-state index in [1.165, 1.54) is 25.0 Å². The second kappa shape index (κ2) is 7.80. The van der Waals surface area contributed by atoms with Crippen LogP contribution in [0.5, 0.6) is 0 Å². The second-order valence-corrected chi connectivity index (χ2v) is 8.70. The van der Waals surface area contributed by atoms with Gasteiger partial charge in [0.15, 0.2) is 5.65 Å². The number of imidazole rings is 1. The van der Waals surface area contributed by atoms with Crippen LogP contribution in [0.15, 0.2) is 60.8 Å². The molecule has 0 spiro atoms. The highest BCUT2D eigenvalue weighted by Crippen LogP contribution is 2.37. The first-order chi connectivity index (χ1) is 15.0. The van der Waals surface area contributed by atoms with Crippen LogP contribution in [-0.2, 0) is 0 Å². The molecule has 0 amide bonds. The van der Waals surface area contributed by atoms with Crippen LogP contribution in [0.4, 0.5) is 10.1 Å². The quantitative estimate of drug-likeness (QED) is 0.396. The van der Waals surface area contributed by atoms with E-state index < -0.39 is 0 Å². The maximum atomic E-state index is 13.5. The van der Waals surface area contributed by atoms with Crippen molar-refractivity contribution in [2.45, 2.75) is 32.7 Å². The lowest BCUT2D eigenvalue weighted by Crippen LogP contribution is -2.30. The number of benzene rings is 2. The molecule has 1 aliphatic carbocycles. The summed E-state index contributed by atoms with van der Waals surface area (Å²) in [7, 11) is 0. The fraction of sp³-hybridized carbons (Fsp3) is 0.269. The van der Waals surface area contributed by atoms with Crippen LogP contribution < -0.4 is 4.90 Å². The Morgan fingerprint density at radius 3 is 2.39 bits per heavy atom. The number of fused-ring (bicyclic) bond motifs is 1. The molecular weight excluding hydrogens is 387 g/mol. The zero-order valence-electron chi connectivity index (χ0n) is 17.8. The van der Waals surface area contributed by atoms with Crippen molar-refractivity contribution in [1.82, 2.24) is 14.6 Å². The average molecular weight is 413 g/mol. The Labute approximate surface area is 182 Å². The summed E-state index contributed by atoms with van der Waals surface area (Å²) in [5, 5.41) is 4.91. The van der Waals surface area contributed by atoms with E-state index in [1.807, 2.05) is 35.0 Å². The minimum Gasteiger partial charge on any atom is -0.365 e. The first-order valence-electron chi connectivity index (χ1n) is 10.8. The number of rotatable bonds is 6. The third-order valence-electron chi connectivity index (χ3n) is 5.65. The van der Waals surface area contributed by atoms with Crippen LogP contribution in [0.25, 0.3) is 28.2 Å². The minimum absolute atomic E-state index is 0.255. The third-order valence-corrected chi connectivity index (χ3v) is 5.65. The number of anilines is 1. The van der Waals surface area contributed by atoms with E-state index in [0.29, 0.717) is 12.0 Å². The molecule has 1 aliphatic rings. The molecule has 0 aliphatic heterocycles. The molecule has 0 atom stereocenters. The monoisotopic (exact) mass is 412 g/mol. The van der Waals surface area contributed by atoms with Crippen LogP contribution in [0.1, 0.15) is 32.3 Å². The Bertz CT molecular complexity index is 1200. The lowest BCUT2D eigenvalue weighted by Gasteiger charge is -2.27. The van der Waals surface area contributed by atoms with Crippen molar-refractivity contribution in [3.05, 3.63) is 79.1 Å². The van der Waals surface area contributed by atoms with Gasteiger partial charge in [-0.05, 0) is 61.6 Å². The van der Waals surface area contributed by atoms with Gasteiger partial charge in [-0.3, -0.25) is 0 Å². The maximum Gasteiger partial charge on any atom is 0.177 e. The van der Waals surface area contributed by atoms with Gasteiger partial charge in [0.2, 0.25) is 0 Å². The topological polar surface area (TPSA) is 33.4 Å². The van der Waals surface area contributed by atoms with Crippen molar-refractivity contribution in [2.75, 3.05) is 11.4 Å². The zero-order chi connectivity index (χ0) is 21.5. The number of aromatic nitrogens is 3. The van der Waals surface area contributed by atoms with E-state index in [0.717, 1.165) is 46.0 Å². The van der Waals surface area contributed by atoms with Crippen molar-refractivity contribution in [3.8, 4) is 22.5 Å². The fourth-order valence-electron chi connectivity index (χ4n) is 4.00. The summed E-state index contributed by atoms with van der Waals surface area (Å²) in [6.45, 7) is 11.3. The molecule has 2 radical (unpaired) electrons. The van der Waals surface area contributed by atoms with Crippen LogP contribution in [-0.4, -0.2) is 27.2 Å². The highest BCUT2D eigenvalue weighted by molar-refractivity contribution is 5.78. The van der Waals surface area contributed by atoms with Crippen molar-refractivity contribution >= 4 is 11.3 Å². The Kier molecular flexibility index (Phi) is 4.97. The summed E-state index contributed by atoms with van der Waals surface area (Å²) in [4.78, 5) is 7.24. The Morgan fingerprint density at radius 2 is 1.74 bits per heavy atom. The maximum absolute atomic E-state index is 13.5. The SMILES string of the molecule is [CH]c1ccc(-c2cnc3c(N(CC(C)C)C4CC4)cc(-c4ccc(F)cc4)nn23)cc1. The van der Waals surface area contributed by atoms with Crippen molar-refractivity contribution in [2.24, 2.45) is 5.92 Å². The van der Waals surface area contributed by atoms with Gasteiger partial charge in [0.1, 0.15) is 5.82 Å². The van der Waals surface area contributed by atoms with Crippen LogP contribution in [0, 0.1) is 18.7 Å². The van der Waals surface area contributed by atoms with E-state index >= 15 is 0 Å². The normalized spacial score (nSPS) is 13.8. The lowest BCUT2D eigenvalue weighted by molar-refractivity contribution is 0.607. The molecule has 2 aromatic heterocycles. The first-order valence-corrected chi connectivity index (χ1v) is 10.8. The molecule has 4 aromatic rings. The van der Waals surface area contributed by atoms with Crippen molar-refractivity contribution in [1.29, 1.82) is 0 Å². The van der Waals surface area contributed by atoms with Gasteiger partial charge in [-0.1, -0.05) is 38.1 Å². The van der Waals surface area contributed by atoms with Gasteiger partial charge in [-0.25, -0.2) is 13.9 Å². The van der Waals surface area contributed by atoms with Crippen molar-refractivity contribution < 1.29 is 4.39 Å². The summed E-state index contributed by atoms with van der Waals surface area (Å²) in [6, 6.07) is 16.9. The van der Waals surface area contributed by atoms with Gasteiger partial charge in [0.25, 0.3) is 0 Å². The molecule has 5 rings (SSSR count). The number of halogens is 1. The van der Waals surface area contributed by atoms with Crippen molar-refractivity contribution in [3.63, 3.8) is 0 Å². The molecule has 0 bridgehead atoms. The van der Waals surface area contributed by atoms with Gasteiger partial charge in [0, 0.05) is 23.7 Å². The fourth-order valence-corrected chi connectivity index (χ4v) is 4.00. The van der Waals surface area contributed by atoms with E-state index in [-0.39, 0.29) is 5.82 Å². The molecule has 31 heavy (non-hydrogen) atoms. The van der Waals surface area contributed by atoms with E-state index in [1.54, 1.807) is 12.1 Å². The van der Waals surface area contributed by atoms with Gasteiger partial charge < -0.3 is 4.90 Å². The molecule has 5 heteroatoms. The van der Waals surface area contributed by atoms with Gasteiger partial charge in [-0.2, -0.15) is 5.10 Å². The third kappa shape index (κ3) is 3.92. The van der Waals surface area contributed by atoms with Gasteiger partial charge in [0.05, 0.1) is 23.3 Å². The Morgan fingerprint density at radius 1 is 1.06 bits per heavy atom.